The number of hydrogen-bond acceptors (Lipinski definition) is 7. The van der Waals surface area contributed by atoms with Crippen molar-refractivity contribution < 1.29 is 14.3 Å². The predicted octanol–water partition coefficient (Wildman–Crippen LogP) is 3.25. The van der Waals surface area contributed by atoms with Gasteiger partial charge in [0.05, 0.1) is 25.5 Å². The number of rotatable bonds is 7. The van der Waals surface area contributed by atoms with Gasteiger partial charge in [0.15, 0.2) is 11.5 Å². The minimum Gasteiger partial charge on any atom is -0.490 e. The van der Waals surface area contributed by atoms with Gasteiger partial charge in [0.2, 0.25) is 5.91 Å². The lowest BCUT2D eigenvalue weighted by molar-refractivity contribution is -0.117. The molecular weight excluding hydrogens is 454 g/mol. The third-order valence-electron chi connectivity index (χ3n) is 6.53. The SMILES string of the molecule is O=C(CN1CCN(Cc2ccccc2)CC(Cc2cnccn2)C1)Nc1ccc2c(c1)OCCCO2. The van der Waals surface area contributed by atoms with E-state index in [0.717, 1.165) is 62.7 Å². The normalized spacial score (nSPS) is 18.7. The van der Waals surface area contributed by atoms with Gasteiger partial charge in [-0.3, -0.25) is 24.6 Å². The zero-order valence-corrected chi connectivity index (χ0v) is 20.5. The summed E-state index contributed by atoms with van der Waals surface area (Å²) >= 11 is 0. The van der Waals surface area contributed by atoms with Crippen LogP contribution in [0.3, 0.4) is 0 Å². The number of ether oxygens (including phenoxy) is 2. The number of nitrogens with zero attached hydrogens (tertiary/aromatic N) is 4. The van der Waals surface area contributed by atoms with Crippen LogP contribution in [0.15, 0.2) is 67.1 Å². The standard InChI is InChI=1S/C28H33N5O3/c34-28(31-24-7-8-26-27(16-24)36-14-4-13-35-26)21-33-12-11-32(18-22-5-2-1-3-6-22)19-23(20-33)15-25-17-29-9-10-30-25/h1-3,5-10,16-17,23H,4,11-15,18-21H2,(H,31,34). The van der Waals surface area contributed by atoms with Crippen molar-refractivity contribution in [3.8, 4) is 11.5 Å². The average Bonchev–Trinajstić information content (AvgIpc) is 3.23. The average molecular weight is 488 g/mol. The van der Waals surface area contributed by atoms with E-state index in [-0.39, 0.29) is 5.91 Å². The van der Waals surface area contributed by atoms with Crippen LogP contribution in [0.4, 0.5) is 5.69 Å². The van der Waals surface area contributed by atoms with E-state index < -0.39 is 0 Å². The van der Waals surface area contributed by atoms with Crippen LogP contribution in [0.2, 0.25) is 0 Å². The number of hydrogen-bond donors (Lipinski definition) is 1. The topological polar surface area (TPSA) is 79.8 Å². The maximum Gasteiger partial charge on any atom is 0.238 e. The highest BCUT2D eigenvalue weighted by atomic mass is 16.5. The van der Waals surface area contributed by atoms with Gasteiger partial charge < -0.3 is 14.8 Å². The van der Waals surface area contributed by atoms with E-state index >= 15 is 0 Å². The monoisotopic (exact) mass is 487 g/mol. The molecule has 2 aromatic carbocycles. The first-order valence-corrected chi connectivity index (χ1v) is 12.6. The Hall–Kier alpha value is -3.49. The molecule has 0 spiro atoms. The Balaban J connectivity index is 1.23. The predicted molar refractivity (Wildman–Crippen MR) is 138 cm³/mol. The second-order valence-corrected chi connectivity index (χ2v) is 9.48. The minimum atomic E-state index is -0.0285. The second-order valence-electron chi connectivity index (χ2n) is 9.48. The van der Waals surface area contributed by atoms with Crippen LogP contribution in [0, 0.1) is 5.92 Å². The van der Waals surface area contributed by atoms with E-state index in [1.807, 2.05) is 30.5 Å². The molecular formula is C28H33N5O3. The highest BCUT2D eigenvalue weighted by Gasteiger charge is 2.25. The highest BCUT2D eigenvalue weighted by molar-refractivity contribution is 5.92. The molecule has 1 aromatic heterocycles. The zero-order valence-electron chi connectivity index (χ0n) is 20.5. The fraction of sp³-hybridized carbons (Fsp3) is 0.393. The summed E-state index contributed by atoms with van der Waals surface area (Å²) in [6.07, 6.45) is 6.97. The first kappa shape index (κ1) is 24.2. The molecule has 188 valence electrons. The lowest BCUT2D eigenvalue weighted by atomic mass is 10.0. The quantitative estimate of drug-likeness (QED) is 0.548. The third kappa shape index (κ3) is 6.80. The molecule has 8 heteroatoms. The number of aromatic nitrogens is 2. The van der Waals surface area contributed by atoms with Gasteiger partial charge in [-0.1, -0.05) is 30.3 Å². The van der Waals surface area contributed by atoms with Crippen LogP contribution < -0.4 is 14.8 Å². The van der Waals surface area contributed by atoms with E-state index in [2.05, 4.69) is 49.4 Å². The molecule has 2 aliphatic heterocycles. The summed E-state index contributed by atoms with van der Waals surface area (Å²) in [7, 11) is 0. The molecule has 3 aromatic rings. The van der Waals surface area contributed by atoms with E-state index in [9.17, 15) is 4.79 Å². The van der Waals surface area contributed by atoms with Crippen molar-refractivity contribution in [3.05, 3.63) is 78.4 Å². The first-order valence-electron chi connectivity index (χ1n) is 12.6. The Morgan fingerprint density at radius 2 is 1.78 bits per heavy atom. The Kier molecular flexibility index (Phi) is 8.05. The van der Waals surface area contributed by atoms with Crippen molar-refractivity contribution in [2.45, 2.75) is 19.4 Å². The Bertz CT molecular complexity index is 1130. The Labute approximate surface area is 212 Å². The molecule has 0 radical (unpaired) electrons. The maximum atomic E-state index is 13.0. The lowest BCUT2D eigenvalue weighted by Crippen LogP contribution is -2.37. The molecule has 3 heterocycles. The van der Waals surface area contributed by atoms with Crippen LogP contribution in [-0.2, 0) is 17.8 Å². The van der Waals surface area contributed by atoms with Crippen molar-refractivity contribution >= 4 is 11.6 Å². The zero-order chi connectivity index (χ0) is 24.6. The van der Waals surface area contributed by atoms with E-state index in [1.165, 1.54) is 5.56 Å². The number of anilines is 1. The minimum absolute atomic E-state index is 0.0285. The fourth-order valence-electron chi connectivity index (χ4n) is 4.89. The largest absolute Gasteiger partial charge is 0.490 e. The molecule has 1 amide bonds. The molecule has 1 fully saturated rings. The third-order valence-corrected chi connectivity index (χ3v) is 6.53. The van der Waals surface area contributed by atoms with Crippen LogP contribution in [0.1, 0.15) is 17.7 Å². The molecule has 0 aliphatic carbocycles. The van der Waals surface area contributed by atoms with Gasteiger partial charge in [-0.25, -0.2) is 0 Å². The Morgan fingerprint density at radius 3 is 2.61 bits per heavy atom. The smallest absolute Gasteiger partial charge is 0.238 e. The van der Waals surface area contributed by atoms with Crippen LogP contribution >= 0.6 is 0 Å². The summed E-state index contributed by atoms with van der Waals surface area (Å²) in [6.45, 7) is 6.01. The van der Waals surface area contributed by atoms with Gasteiger partial charge in [0.25, 0.3) is 0 Å². The van der Waals surface area contributed by atoms with E-state index in [1.54, 1.807) is 12.4 Å². The molecule has 36 heavy (non-hydrogen) atoms. The van der Waals surface area contributed by atoms with Crippen LogP contribution in [-0.4, -0.2) is 71.6 Å². The fourth-order valence-corrected chi connectivity index (χ4v) is 4.89. The van der Waals surface area contributed by atoms with E-state index in [4.69, 9.17) is 9.47 Å². The van der Waals surface area contributed by atoms with Crippen molar-refractivity contribution in [2.75, 3.05) is 51.3 Å². The number of carbonyl (C=O) groups excluding carboxylic acids is 1. The summed E-state index contributed by atoms with van der Waals surface area (Å²) in [4.78, 5) is 26.5. The van der Waals surface area contributed by atoms with Gasteiger partial charge in [-0.2, -0.15) is 0 Å². The summed E-state index contributed by atoms with van der Waals surface area (Å²) in [5, 5.41) is 3.04. The number of benzene rings is 2. The molecule has 1 saturated heterocycles. The summed E-state index contributed by atoms with van der Waals surface area (Å²) in [6, 6.07) is 16.1. The van der Waals surface area contributed by atoms with Crippen molar-refractivity contribution in [1.82, 2.24) is 19.8 Å². The van der Waals surface area contributed by atoms with Gasteiger partial charge in [-0.05, 0) is 30.0 Å². The van der Waals surface area contributed by atoms with Gasteiger partial charge in [0.1, 0.15) is 0 Å². The number of fused-ring (bicyclic) bond motifs is 1. The van der Waals surface area contributed by atoms with Crippen molar-refractivity contribution in [2.24, 2.45) is 5.92 Å². The summed E-state index contributed by atoms with van der Waals surface area (Å²) in [5.41, 5.74) is 3.01. The van der Waals surface area contributed by atoms with Crippen molar-refractivity contribution in [1.29, 1.82) is 0 Å². The van der Waals surface area contributed by atoms with Crippen LogP contribution in [0.25, 0.3) is 0 Å². The molecule has 1 unspecified atom stereocenters. The molecule has 0 bridgehead atoms. The molecule has 0 saturated carbocycles. The first-order chi connectivity index (χ1) is 17.7. The number of nitrogens with one attached hydrogen (secondary N) is 1. The van der Waals surface area contributed by atoms with Crippen molar-refractivity contribution in [3.63, 3.8) is 0 Å². The number of carbonyl (C=O) groups is 1. The highest BCUT2D eigenvalue weighted by Crippen LogP contribution is 2.32. The maximum absolute atomic E-state index is 13.0. The molecule has 2 aliphatic rings. The molecule has 8 nitrogen and oxygen atoms in total. The lowest BCUT2D eigenvalue weighted by Gasteiger charge is -2.24. The number of amides is 1. The van der Waals surface area contributed by atoms with Gasteiger partial charge in [0, 0.05) is 69.5 Å². The molecule has 5 rings (SSSR count). The summed E-state index contributed by atoms with van der Waals surface area (Å²) < 4.78 is 11.5. The van der Waals surface area contributed by atoms with E-state index in [0.29, 0.717) is 31.4 Å². The summed E-state index contributed by atoms with van der Waals surface area (Å²) in [5.74, 6) is 1.72. The van der Waals surface area contributed by atoms with Gasteiger partial charge in [-0.15, -0.1) is 0 Å². The van der Waals surface area contributed by atoms with Gasteiger partial charge >= 0.3 is 0 Å². The molecule has 1 N–H and O–H groups in total. The molecule has 1 atom stereocenters. The second kappa shape index (κ2) is 12.0. The Morgan fingerprint density at radius 1 is 0.972 bits per heavy atom. The van der Waals surface area contributed by atoms with Crippen LogP contribution in [0.5, 0.6) is 11.5 Å².